The second kappa shape index (κ2) is 5.91. The molecule has 0 bridgehead atoms. The number of carboxylic acid groups (broad SMARTS) is 1. The summed E-state index contributed by atoms with van der Waals surface area (Å²) in [5.74, 6) is -0.990. The molecule has 3 N–H and O–H groups in total. The number of aromatic nitrogens is 2. The summed E-state index contributed by atoms with van der Waals surface area (Å²) in [5, 5.41) is 17.8. The Morgan fingerprint density at radius 3 is 2.85 bits per heavy atom. The quantitative estimate of drug-likeness (QED) is 0.710. The highest BCUT2D eigenvalue weighted by molar-refractivity contribution is 5.88. The molecule has 1 fully saturated rings. The van der Waals surface area contributed by atoms with Gasteiger partial charge in [-0.15, -0.1) is 0 Å². The molecule has 1 aromatic heterocycles. The van der Waals surface area contributed by atoms with Crippen molar-refractivity contribution in [2.45, 2.75) is 31.4 Å². The molecular weight excluding hydrogens is 264 g/mol. The van der Waals surface area contributed by atoms with Gasteiger partial charge >= 0.3 is 12.0 Å². The van der Waals surface area contributed by atoms with E-state index in [0.717, 1.165) is 19.3 Å². The van der Waals surface area contributed by atoms with Crippen LogP contribution in [0.3, 0.4) is 0 Å². The Kier molecular flexibility index (Phi) is 4.23. The Morgan fingerprint density at radius 1 is 1.55 bits per heavy atom. The fourth-order valence-electron chi connectivity index (χ4n) is 2.09. The van der Waals surface area contributed by atoms with Crippen molar-refractivity contribution in [3.8, 4) is 0 Å². The monoisotopic (exact) mass is 282 g/mol. The van der Waals surface area contributed by atoms with Crippen LogP contribution in [0.4, 0.5) is 10.5 Å². The van der Waals surface area contributed by atoms with Crippen LogP contribution in [0, 0.1) is 0 Å². The van der Waals surface area contributed by atoms with E-state index < -0.39 is 5.97 Å². The van der Waals surface area contributed by atoms with Gasteiger partial charge in [-0.1, -0.05) is 0 Å². The van der Waals surface area contributed by atoms with E-state index >= 15 is 0 Å². The lowest BCUT2D eigenvalue weighted by atomic mass is 9.80. The van der Waals surface area contributed by atoms with E-state index in [9.17, 15) is 9.59 Å². The number of nitrogens with one attached hydrogen (secondary N) is 2. The van der Waals surface area contributed by atoms with Crippen LogP contribution in [0.5, 0.6) is 0 Å². The number of carboxylic acids is 1. The van der Waals surface area contributed by atoms with Gasteiger partial charge in [0.05, 0.1) is 17.5 Å². The Labute approximate surface area is 116 Å². The molecule has 1 aliphatic rings. The van der Waals surface area contributed by atoms with Crippen LogP contribution in [-0.2, 0) is 16.1 Å². The maximum absolute atomic E-state index is 11.7. The molecule has 8 nitrogen and oxygen atoms in total. The Bertz CT molecular complexity index is 490. The third-order valence-corrected chi connectivity index (χ3v) is 3.46. The molecule has 0 atom stereocenters. The van der Waals surface area contributed by atoms with E-state index in [1.54, 1.807) is 7.11 Å². The molecule has 0 aromatic carbocycles. The standard InChI is InChI=1S/C12H18N4O4/c1-20-12(3-2-4-12)8-13-11(19)15-9-5-14-16(6-9)7-10(17)18/h5-6H,2-4,7-8H2,1H3,(H,17,18)(H2,13,15,19). The van der Waals surface area contributed by atoms with Gasteiger partial charge in [0.25, 0.3) is 0 Å². The summed E-state index contributed by atoms with van der Waals surface area (Å²) >= 11 is 0. The van der Waals surface area contributed by atoms with Gasteiger partial charge in [0, 0.05) is 19.9 Å². The fourth-order valence-corrected chi connectivity index (χ4v) is 2.09. The van der Waals surface area contributed by atoms with Gasteiger partial charge in [0.1, 0.15) is 6.54 Å². The van der Waals surface area contributed by atoms with Crippen molar-refractivity contribution < 1.29 is 19.4 Å². The molecule has 2 rings (SSSR count). The third-order valence-electron chi connectivity index (χ3n) is 3.46. The van der Waals surface area contributed by atoms with Crippen molar-refractivity contribution >= 4 is 17.7 Å². The molecule has 1 saturated carbocycles. The average molecular weight is 282 g/mol. The van der Waals surface area contributed by atoms with Gasteiger partial charge in [0.2, 0.25) is 0 Å². The van der Waals surface area contributed by atoms with Crippen LogP contribution in [0.2, 0.25) is 0 Å². The minimum atomic E-state index is -0.990. The minimum Gasteiger partial charge on any atom is -0.480 e. The molecule has 0 unspecified atom stereocenters. The van der Waals surface area contributed by atoms with Crippen molar-refractivity contribution in [3.63, 3.8) is 0 Å². The molecule has 0 saturated heterocycles. The highest BCUT2D eigenvalue weighted by atomic mass is 16.5. The predicted molar refractivity (Wildman–Crippen MR) is 70.5 cm³/mol. The summed E-state index contributed by atoms with van der Waals surface area (Å²) in [7, 11) is 1.65. The van der Waals surface area contributed by atoms with Crippen molar-refractivity contribution in [2.75, 3.05) is 19.0 Å². The number of nitrogens with zero attached hydrogens (tertiary/aromatic N) is 2. The largest absolute Gasteiger partial charge is 0.480 e. The number of anilines is 1. The number of amides is 2. The molecule has 20 heavy (non-hydrogen) atoms. The maximum atomic E-state index is 11.7. The zero-order valence-corrected chi connectivity index (χ0v) is 11.3. The molecule has 0 spiro atoms. The van der Waals surface area contributed by atoms with Crippen molar-refractivity contribution in [3.05, 3.63) is 12.4 Å². The zero-order valence-electron chi connectivity index (χ0n) is 11.3. The number of aliphatic carboxylic acids is 1. The van der Waals surface area contributed by atoms with E-state index in [4.69, 9.17) is 9.84 Å². The molecule has 8 heteroatoms. The highest BCUT2D eigenvalue weighted by Gasteiger charge is 2.37. The van der Waals surface area contributed by atoms with Gasteiger partial charge in [-0.3, -0.25) is 9.48 Å². The van der Waals surface area contributed by atoms with Gasteiger partial charge in [-0.05, 0) is 19.3 Å². The van der Waals surface area contributed by atoms with E-state index in [0.29, 0.717) is 12.2 Å². The molecule has 0 aliphatic heterocycles. The van der Waals surface area contributed by atoms with Gasteiger partial charge in [0.15, 0.2) is 0 Å². The number of urea groups is 1. The molecule has 1 aromatic rings. The smallest absolute Gasteiger partial charge is 0.325 e. The first-order chi connectivity index (χ1) is 9.53. The Morgan fingerprint density at radius 2 is 2.30 bits per heavy atom. The lowest BCUT2D eigenvalue weighted by molar-refractivity contribution is -0.137. The van der Waals surface area contributed by atoms with Crippen LogP contribution < -0.4 is 10.6 Å². The summed E-state index contributed by atoms with van der Waals surface area (Å²) in [6.45, 7) is 0.217. The Balaban J connectivity index is 1.79. The van der Waals surface area contributed by atoms with Gasteiger partial charge < -0.3 is 20.5 Å². The van der Waals surface area contributed by atoms with E-state index in [1.165, 1.54) is 17.1 Å². The van der Waals surface area contributed by atoms with Gasteiger partial charge in [-0.25, -0.2) is 4.79 Å². The maximum Gasteiger partial charge on any atom is 0.325 e. The number of hydrogen-bond donors (Lipinski definition) is 3. The lowest BCUT2D eigenvalue weighted by Gasteiger charge is -2.40. The molecule has 2 amide bonds. The predicted octanol–water partition coefficient (Wildman–Crippen LogP) is 0.658. The fraction of sp³-hybridized carbons (Fsp3) is 0.583. The summed E-state index contributed by atoms with van der Waals surface area (Å²) in [6, 6.07) is -0.358. The number of carbonyl (C=O) groups excluding carboxylic acids is 1. The van der Waals surface area contributed by atoms with Crippen molar-refractivity contribution in [1.82, 2.24) is 15.1 Å². The van der Waals surface area contributed by atoms with Crippen molar-refractivity contribution in [1.29, 1.82) is 0 Å². The van der Waals surface area contributed by atoms with E-state index in [-0.39, 0.29) is 18.2 Å². The topological polar surface area (TPSA) is 105 Å². The van der Waals surface area contributed by atoms with Crippen LogP contribution in [0.25, 0.3) is 0 Å². The van der Waals surface area contributed by atoms with E-state index in [2.05, 4.69) is 15.7 Å². The highest BCUT2D eigenvalue weighted by Crippen LogP contribution is 2.34. The first-order valence-electron chi connectivity index (χ1n) is 6.37. The number of hydrogen-bond acceptors (Lipinski definition) is 4. The SMILES string of the molecule is COC1(CNC(=O)Nc2cnn(CC(=O)O)c2)CCC1. The first kappa shape index (κ1) is 14.3. The molecule has 110 valence electrons. The van der Waals surface area contributed by atoms with Crippen molar-refractivity contribution in [2.24, 2.45) is 0 Å². The zero-order chi connectivity index (χ0) is 14.6. The number of ether oxygens (including phenoxy) is 1. The second-order valence-electron chi connectivity index (χ2n) is 4.87. The molecule has 0 radical (unpaired) electrons. The summed E-state index contributed by atoms with van der Waals surface area (Å²) in [5.41, 5.74) is 0.217. The Hall–Kier alpha value is -2.09. The van der Waals surface area contributed by atoms with E-state index in [1.807, 2.05) is 0 Å². The number of rotatable bonds is 6. The average Bonchev–Trinajstić information content (AvgIpc) is 2.74. The second-order valence-corrected chi connectivity index (χ2v) is 4.87. The summed E-state index contributed by atoms with van der Waals surface area (Å²) in [6.07, 6.45) is 5.86. The minimum absolute atomic E-state index is 0.231. The molecule has 1 aliphatic carbocycles. The van der Waals surface area contributed by atoms with Crippen LogP contribution >= 0.6 is 0 Å². The van der Waals surface area contributed by atoms with Gasteiger partial charge in [-0.2, -0.15) is 5.10 Å². The molecular formula is C12H18N4O4. The summed E-state index contributed by atoms with van der Waals surface area (Å²) < 4.78 is 6.63. The number of methoxy groups -OCH3 is 1. The first-order valence-corrected chi connectivity index (χ1v) is 6.37. The number of carbonyl (C=O) groups is 2. The lowest BCUT2D eigenvalue weighted by Crippen LogP contribution is -2.50. The van der Waals surface area contributed by atoms with Crippen LogP contribution in [0.1, 0.15) is 19.3 Å². The van der Waals surface area contributed by atoms with Crippen LogP contribution in [0.15, 0.2) is 12.4 Å². The summed E-state index contributed by atoms with van der Waals surface area (Å²) in [4.78, 5) is 22.2. The third kappa shape index (κ3) is 3.47. The van der Waals surface area contributed by atoms with Crippen LogP contribution in [-0.4, -0.2) is 46.1 Å². The normalized spacial score (nSPS) is 16.2. The molecule has 1 heterocycles.